The highest BCUT2D eigenvalue weighted by Gasteiger charge is 2.31. The number of nitrogens with zero attached hydrogens (tertiary/aromatic N) is 1. The fraction of sp³-hybridized carbons (Fsp3) is 0.444. The fourth-order valence-corrected chi connectivity index (χ4v) is 6.20. The molecule has 0 aliphatic carbocycles. The number of carbonyl (C=O) groups excluding carboxylic acids is 5. The first-order valence-corrected chi connectivity index (χ1v) is 17.6. The number of amides is 5. The van der Waals surface area contributed by atoms with E-state index >= 15 is 0 Å². The third-order valence-corrected chi connectivity index (χ3v) is 8.86. The maximum absolute atomic E-state index is 13.7. The number of ether oxygens (including phenoxy) is 1. The van der Waals surface area contributed by atoms with E-state index in [2.05, 4.69) is 31.6 Å². The van der Waals surface area contributed by atoms with Crippen LogP contribution in [-0.4, -0.2) is 72.3 Å². The van der Waals surface area contributed by atoms with Crippen LogP contribution in [0, 0.1) is 12.8 Å². The van der Waals surface area contributed by atoms with Crippen molar-refractivity contribution in [2.75, 3.05) is 19.7 Å². The van der Waals surface area contributed by atoms with Crippen molar-refractivity contribution in [3.05, 3.63) is 81.8 Å². The number of hydrogen-bond donors (Lipinski definition) is 5. The number of thiazole rings is 1. The van der Waals surface area contributed by atoms with Gasteiger partial charge in [0.1, 0.15) is 23.9 Å². The topological polar surface area (TPSA) is 168 Å². The first-order valence-electron chi connectivity index (χ1n) is 16.7. The number of rotatable bonds is 9. The van der Waals surface area contributed by atoms with E-state index in [1.165, 1.54) is 0 Å². The Bertz CT molecular complexity index is 1580. The zero-order chi connectivity index (χ0) is 35.2. The zero-order valence-corrected chi connectivity index (χ0v) is 29.1. The summed E-state index contributed by atoms with van der Waals surface area (Å²) < 4.78 is 5.90. The number of carbonyl (C=O) groups is 5. The predicted molar refractivity (Wildman–Crippen MR) is 187 cm³/mol. The third kappa shape index (κ3) is 12.0. The van der Waals surface area contributed by atoms with Gasteiger partial charge < -0.3 is 31.3 Å². The second-order valence-corrected chi connectivity index (χ2v) is 13.4. The van der Waals surface area contributed by atoms with E-state index in [9.17, 15) is 24.0 Å². The highest BCUT2D eigenvalue weighted by atomic mass is 32.1. The molecule has 3 atom stereocenters. The molecular weight excluding hydrogens is 644 g/mol. The molecule has 2 heterocycles. The van der Waals surface area contributed by atoms with Gasteiger partial charge in [0, 0.05) is 37.0 Å². The minimum atomic E-state index is -1.24. The molecule has 0 spiro atoms. The van der Waals surface area contributed by atoms with Crippen LogP contribution in [0.15, 0.2) is 60.0 Å². The summed E-state index contributed by atoms with van der Waals surface area (Å²) in [5.41, 5.74) is 2.00. The monoisotopic (exact) mass is 690 g/mol. The minimum absolute atomic E-state index is 0.0206. The van der Waals surface area contributed by atoms with E-state index in [1.54, 1.807) is 35.6 Å². The molecule has 12 nitrogen and oxygen atoms in total. The van der Waals surface area contributed by atoms with Gasteiger partial charge >= 0.3 is 0 Å². The Kier molecular flexibility index (Phi) is 14.1. The van der Waals surface area contributed by atoms with Crippen LogP contribution in [-0.2, 0) is 32.0 Å². The van der Waals surface area contributed by atoms with Crippen LogP contribution in [0.3, 0.4) is 0 Å². The summed E-state index contributed by atoms with van der Waals surface area (Å²) in [5.74, 6) is -2.27. The molecule has 262 valence electrons. The summed E-state index contributed by atoms with van der Waals surface area (Å²) in [7, 11) is 0. The van der Waals surface area contributed by atoms with Crippen LogP contribution in [0.4, 0.5) is 0 Å². The average Bonchev–Trinajstić information content (AvgIpc) is 3.50. The van der Waals surface area contributed by atoms with Gasteiger partial charge in [0.25, 0.3) is 5.91 Å². The van der Waals surface area contributed by atoms with Gasteiger partial charge in [0.05, 0.1) is 23.6 Å². The van der Waals surface area contributed by atoms with Gasteiger partial charge in [0.2, 0.25) is 23.6 Å². The molecule has 5 amide bonds. The van der Waals surface area contributed by atoms with Crippen molar-refractivity contribution in [2.24, 2.45) is 5.92 Å². The number of fused-ring (bicyclic) bond motifs is 1. The van der Waals surface area contributed by atoms with Crippen molar-refractivity contribution in [3.63, 3.8) is 0 Å². The standard InChI is InChI=1S/C36H46N6O6S/c1-23(2)19-27-36(47)42-28(20-25-11-5-4-6-12-25)34(45)38-17-10-18-48-30-14-8-7-13-26(30)33(44)41-29(21-31(43)40-27)35(46)37-16-9-15-32-39-24(3)22-49-32/h4-8,11-14,22-23,27-29H,9-10,15-21H2,1-3H3,(H,37,46)(H,38,45)(H,40,43)(H,41,44)(H,42,47)/t27-,28-,29-/m0/s1. The quantitative estimate of drug-likeness (QED) is 0.215. The largest absolute Gasteiger partial charge is 0.493 e. The molecule has 5 N–H and O–H groups in total. The lowest BCUT2D eigenvalue weighted by molar-refractivity contribution is -0.133. The second-order valence-electron chi connectivity index (χ2n) is 12.5. The van der Waals surface area contributed by atoms with E-state index in [-0.39, 0.29) is 37.0 Å². The molecule has 1 aromatic heterocycles. The van der Waals surface area contributed by atoms with Gasteiger partial charge in [-0.2, -0.15) is 0 Å². The highest BCUT2D eigenvalue weighted by Crippen LogP contribution is 2.19. The zero-order valence-electron chi connectivity index (χ0n) is 28.3. The number of hydrogen-bond acceptors (Lipinski definition) is 8. The molecule has 1 aliphatic rings. The minimum Gasteiger partial charge on any atom is -0.493 e. The number of nitrogens with one attached hydrogen (secondary N) is 5. The van der Waals surface area contributed by atoms with Crippen LogP contribution in [0.5, 0.6) is 5.75 Å². The summed E-state index contributed by atoms with van der Waals surface area (Å²) in [5, 5.41) is 17.0. The number of aromatic nitrogens is 1. The van der Waals surface area contributed by atoms with Gasteiger partial charge in [-0.05, 0) is 49.8 Å². The van der Waals surface area contributed by atoms with Gasteiger partial charge in [0.15, 0.2) is 0 Å². The molecule has 3 aromatic rings. The Balaban J connectivity index is 1.56. The maximum Gasteiger partial charge on any atom is 0.255 e. The molecule has 0 saturated carbocycles. The first kappa shape index (κ1) is 37.0. The summed E-state index contributed by atoms with van der Waals surface area (Å²) in [6.45, 7) is 6.54. The molecule has 0 unspecified atom stereocenters. The maximum atomic E-state index is 13.7. The van der Waals surface area contributed by atoms with Crippen LogP contribution in [0.25, 0.3) is 0 Å². The normalized spacial score (nSPS) is 19.6. The molecule has 0 fully saturated rings. The van der Waals surface area contributed by atoms with Crippen LogP contribution >= 0.6 is 11.3 Å². The summed E-state index contributed by atoms with van der Waals surface area (Å²) in [4.78, 5) is 71.9. The van der Waals surface area contributed by atoms with E-state index in [0.717, 1.165) is 16.3 Å². The van der Waals surface area contributed by atoms with Crippen LogP contribution in [0.2, 0.25) is 0 Å². The Morgan fingerprint density at radius 2 is 1.73 bits per heavy atom. The first-order chi connectivity index (χ1) is 23.6. The molecule has 1 aliphatic heterocycles. The number of para-hydroxylation sites is 1. The lowest BCUT2D eigenvalue weighted by Crippen LogP contribution is -2.56. The van der Waals surface area contributed by atoms with E-state index in [1.807, 2.05) is 56.5 Å². The third-order valence-electron chi connectivity index (χ3n) is 7.83. The summed E-state index contributed by atoms with van der Waals surface area (Å²) >= 11 is 1.56. The number of benzene rings is 2. The Morgan fingerprint density at radius 3 is 2.47 bits per heavy atom. The van der Waals surface area contributed by atoms with Crippen molar-refractivity contribution in [3.8, 4) is 5.75 Å². The van der Waals surface area contributed by atoms with Crippen molar-refractivity contribution in [2.45, 2.75) is 77.4 Å². The predicted octanol–water partition coefficient (Wildman–Crippen LogP) is 2.85. The van der Waals surface area contributed by atoms with E-state index < -0.39 is 48.2 Å². The van der Waals surface area contributed by atoms with Gasteiger partial charge in [-0.25, -0.2) is 4.98 Å². The SMILES string of the molecule is Cc1csc(CCCNC(=O)[C@@H]2CC(=O)N[C@@H](CC(C)C)C(=O)N[C@@H](Cc3ccccc3)C(=O)NCCCOc3ccccc3C(=O)N2)n1. The summed E-state index contributed by atoms with van der Waals surface area (Å²) in [6, 6.07) is 12.9. The second kappa shape index (κ2) is 18.7. The smallest absolute Gasteiger partial charge is 0.255 e. The van der Waals surface area contributed by atoms with Crippen molar-refractivity contribution in [1.82, 2.24) is 31.6 Å². The highest BCUT2D eigenvalue weighted by molar-refractivity contribution is 7.09. The van der Waals surface area contributed by atoms with E-state index in [4.69, 9.17) is 4.74 Å². The lowest BCUT2D eigenvalue weighted by atomic mass is 10.0. The molecule has 49 heavy (non-hydrogen) atoms. The van der Waals surface area contributed by atoms with Gasteiger partial charge in [-0.1, -0.05) is 56.3 Å². The lowest BCUT2D eigenvalue weighted by Gasteiger charge is -2.25. The fourth-order valence-electron chi connectivity index (χ4n) is 5.38. The molecule has 0 bridgehead atoms. The Labute approximate surface area is 291 Å². The molecular formula is C36H46N6O6S. The molecule has 0 radical (unpaired) electrons. The average molecular weight is 691 g/mol. The van der Waals surface area contributed by atoms with Crippen molar-refractivity contribution in [1.29, 1.82) is 0 Å². The van der Waals surface area contributed by atoms with Crippen molar-refractivity contribution >= 4 is 40.9 Å². The molecule has 4 rings (SSSR count). The Hall–Kier alpha value is -4.78. The molecule has 0 saturated heterocycles. The van der Waals surface area contributed by atoms with Crippen LogP contribution < -0.4 is 31.3 Å². The molecule has 2 aromatic carbocycles. The van der Waals surface area contributed by atoms with Crippen molar-refractivity contribution < 1.29 is 28.7 Å². The van der Waals surface area contributed by atoms with Crippen LogP contribution in [0.1, 0.15) is 66.2 Å². The Morgan fingerprint density at radius 1 is 0.980 bits per heavy atom. The summed E-state index contributed by atoms with van der Waals surface area (Å²) in [6.07, 6.45) is 1.86. The molecule has 13 heteroatoms. The van der Waals surface area contributed by atoms with Gasteiger partial charge in [-0.3, -0.25) is 24.0 Å². The van der Waals surface area contributed by atoms with E-state index in [0.29, 0.717) is 38.0 Å². The number of aryl methyl sites for hydroxylation is 2. The van der Waals surface area contributed by atoms with Gasteiger partial charge in [-0.15, -0.1) is 11.3 Å².